The molecule has 2 N–H and O–H groups in total. The number of rotatable bonds is 1. The molecule has 2 rings (SSSR count). The molecule has 0 unspecified atom stereocenters. The standard InChI is InChI=1S/C19H31N/c1-13-11-15(3)17(12-14(13)2)19(20)9-7-16(8-10-19)18(4,5)6/h11-12,16H,7-10,20H2,1-6H3. The molecule has 20 heavy (non-hydrogen) atoms. The molecule has 0 aliphatic heterocycles. The van der Waals surface area contributed by atoms with Gasteiger partial charge in [-0.25, -0.2) is 0 Å². The fourth-order valence-electron chi connectivity index (χ4n) is 3.77. The molecule has 0 bridgehead atoms. The van der Waals surface area contributed by atoms with E-state index in [0.717, 1.165) is 18.8 Å². The van der Waals surface area contributed by atoms with E-state index in [2.05, 4.69) is 53.7 Å². The first-order chi connectivity index (χ1) is 9.13. The summed E-state index contributed by atoms with van der Waals surface area (Å²) >= 11 is 0. The third-order valence-electron chi connectivity index (χ3n) is 5.48. The first kappa shape index (κ1) is 15.6. The fraction of sp³-hybridized carbons (Fsp3) is 0.684. The minimum Gasteiger partial charge on any atom is -0.321 e. The molecule has 0 heterocycles. The van der Waals surface area contributed by atoms with Crippen molar-refractivity contribution in [2.24, 2.45) is 17.1 Å². The Morgan fingerprint density at radius 1 is 0.950 bits per heavy atom. The second kappa shape index (κ2) is 5.18. The number of benzene rings is 1. The van der Waals surface area contributed by atoms with Gasteiger partial charge in [0, 0.05) is 5.54 Å². The predicted octanol–water partition coefficient (Wildman–Crippen LogP) is 5.00. The Morgan fingerprint density at radius 2 is 1.45 bits per heavy atom. The quantitative estimate of drug-likeness (QED) is 0.765. The first-order valence-electron chi connectivity index (χ1n) is 8.01. The molecule has 1 heteroatoms. The lowest BCUT2D eigenvalue weighted by Gasteiger charge is -2.43. The van der Waals surface area contributed by atoms with E-state index in [0.29, 0.717) is 5.41 Å². The Kier molecular flexibility index (Phi) is 4.03. The van der Waals surface area contributed by atoms with Crippen molar-refractivity contribution in [3.05, 3.63) is 34.4 Å². The molecule has 1 fully saturated rings. The molecule has 1 nitrogen and oxygen atoms in total. The zero-order chi connectivity index (χ0) is 15.1. The summed E-state index contributed by atoms with van der Waals surface area (Å²) < 4.78 is 0. The highest BCUT2D eigenvalue weighted by Crippen LogP contribution is 2.45. The zero-order valence-electron chi connectivity index (χ0n) is 14.1. The molecule has 112 valence electrons. The summed E-state index contributed by atoms with van der Waals surface area (Å²) in [6.45, 7) is 13.7. The van der Waals surface area contributed by atoms with E-state index in [1.807, 2.05) is 0 Å². The minimum absolute atomic E-state index is 0.107. The van der Waals surface area contributed by atoms with E-state index in [-0.39, 0.29) is 5.54 Å². The van der Waals surface area contributed by atoms with Crippen molar-refractivity contribution < 1.29 is 0 Å². The molecule has 0 amide bonds. The van der Waals surface area contributed by atoms with Gasteiger partial charge >= 0.3 is 0 Å². The van der Waals surface area contributed by atoms with Gasteiger partial charge in [-0.3, -0.25) is 0 Å². The van der Waals surface area contributed by atoms with Gasteiger partial charge in [0.05, 0.1) is 0 Å². The summed E-state index contributed by atoms with van der Waals surface area (Å²) in [5.41, 5.74) is 12.6. The van der Waals surface area contributed by atoms with Crippen LogP contribution >= 0.6 is 0 Å². The van der Waals surface area contributed by atoms with Gasteiger partial charge in [0.25, 0.3) is 0 Å². The first-order valence-corrected chi connectivity index (χ1v) is 8.01. The van der Waals surface area contributed by atoms with Gasteiger partial charge in [0.1, 0.15) is 0 Å². The molecule has 0 radical (unpaired) electrons. The average molecular weight is 273 g/mol. The Hall–Kier alpha value is -0.820. The van der Waals surface area contributed by atoms with Gasteiger partial charge in [-0.1, -0.05) is 32.9 Å². The molecule has 0 spiro atoms. The summed E-state index contributed by atoms with van der Waals surface area (Å²) in [6, 6.07) is 4.64. The van der Waals surface area contributed by atoms with Crippen LogP contribution in [0.15, 0.2) is 12.1 Å². The molecular formula is C19H31N. The van der Waals surface area contributed by atoms with Crippen molar-refractivity contribution in [1.29, 1.82) is 0 Å². The van der Waals surface area contributed by atoms with Crippen LogP contribution in [0.1, 0.15) is 68.7 Å². The van der Waals surface area contributed by atoms with E-state index >= 15 is 0 Å². The number of aryl methyl sites for hydroxylation is 3. The van der Waals surface area contributed by atoms with Crippen LogP contribution in [0.5, 0.6) is 0 Å². The van der Waals surface area contributed by atoms with E-state index in [1.165, 1.54) is 35.1 Å². The van der Waals surface area contributed by atoms with Crippen molar-refractivity contribution >= 4 is 0 Å². The van der Waals surface area contributed by atoms with E-state index < -0.39 is 0 Å². The maximum atomic E-state index is 6.81. The van der Waals surface area contributed by atoms with Gasteiger partial charge in [-0.05, 0) is 80.0 Å². The Balaban J connectivity index is 2.24. The third-order valence-corrected chi connectivity index (χ3v) is 5.48. The predicted molar refractivity (Wildman–Crippen MR) is 87.9 cm³/mol. The van der Waals surface area contributed by atoms with Gasteiger partial charge in [-0.2, -0.15) is 0 Å². The highest BCUT2D eigenvalue weighted by atomic mass is 14.8. The second-order valence-electron chi connectivity index (χ2n) is 8.05. The van der Waals surface area contributed by atoms with Crippen LogP contribution in [0, 0.1) is 32.1 Å². The number of nitrogens with two attached hydrogens (primary N) is 1. The lowest BCUT2D eigenvalue weighted by atomic mass is 9.65. The van der Waals surface area contributed by atoms with Crippen molar-refractivity contribution in [3.63, 3.8) is 0 Å². The second-order valence-corrected chi connectivity index (χ2v) is 8.05. The summed E-state index contributed by atoms with van der Waals surface area (Å²) in [4.78, 5) is 0. The highest BCUT2D eigenvalue weighted by Gasteiger charge is 2.37. The molecule has 1 saturated carbocycles. The summed E-state index contributed by atoms with van der Waals surface area (Å²) in [5, 5.41) is 0. The average Bonchev–Trinajstić information content (AvgIpc) is 2.33. The van der Waals surface area contributed by atoms with Gasteiger partial charge < -0.3 is 5.73 Å². The summed E-state index contributed by atoms with van der Waals surface area (Å²) in [5.74, 6) is 0.811. The normalized spacial score (nSPS) is 27.6. The van der Waals surface area contributed by atoms with E-state index in [4.69, 9.17) is 5.73 Å². The summed E-state index contributed by atoms with van der Waals surface area (Å²) in [7, 11) is 0. The number of hydrogen-bond acceptors (Lipinski definition) is 1. The smallest absolute Gasteiger partial charge is 0.0412 e. The molecule has 0 aromatic heterocycles. The topological polar surface area (TPSA) is 26.0 Å². The highest BCUT2D eigenvalue weighted by molar-refractivity contribution is 5.40. The maximum Gasteiger partial charge on any atom is 0.0412 e. The van der Waals surface area contributed by atoms with Crippen LogP contribution in [-0.2, 0) is 5.54 Å². The minimum atomic E-state index is -0.107. The molecule has 1 aliphatic rings. The Labute approximate surface area is 125 Å². The lowest BCUT2D eigenvalue weighted by molar-refractivity contribution is 0.133. The Morgan fingerprint density at radius 3 is 1.95 bits per heavy atom. The van der Waals surface area contributed by atoms with Crippen LogP contribution in [0.25, 0.3) is 0 Å². The molecule has 1 aromatic rings. The van der Waals surface area contributed by atoms with Crippen molar-refractivity contribution in [2.75, 3.05) is 0 Å². The monoisotopic (exact) mass is 273 g/mol. The SMILES string of the molecule is Cc1cc(C)c(C2(N)CCC(C(C)(C)C)CC2)cc1C. The van der Waals surface area contributed by atoms with Crippen molar-refractivity contribution in [3.8, 4) is 0 Å². The van der Waals surface area contributed by atoms with Gasteiger partial charge in [0.2, 0.25) is 0 Å². The molecule has 0 saturated heterocycles. The third kappa shape index (κ3) is 2.93. The van der Waals surface area contributed by atoms with Gasteiger partial charge in [-0.15, -0.1) is 0 Å². The van der Waals surface area contributed by atoms with Gasteiger partial charge in [0.15, 0.2) is 0 Å². The molecule has 1 aromatic carbocycles. The van der Waals surface area contributed by atoms with Crippen molar-refractivity contribution in [2.45, 2.75) is 72.8 Å². The largest absolute Gasteiger partial charge is 0.321 e. The molecule has 1 aliphatic carbocycles. The molecule has 0 atom stereocenters. The van der Waals surface area contributed by atoms with E-state index in [1.54, 1.807) is 0 Å². The van der Waals surface area contributed by atoms with Crippen LogP contribution in [0.2, 0.25) is 0 Å². The van der Waals surface area contributed by atoms with Crippen LogP contribution in [0.3, 0.4) is 0 Å². The lowest BCUT2D eigenvalue weighted by Crippen LogP contribution is -2.43. The maximum absolute atomic E-state index is 6.81. The fourth-order valence-corrected chi connectivity index (χ4v) is 3.77. The summed E-state index contributed by atoms with van der Waals surface area (Å²) in [6.07, 6.45) is 4.76. The molecular weight excluding hydrogens is 242 g/mol. The Bertz CT molecular complexity index is 485. The zero-order valence-corrected chi connectivity index (χ0v) is 14.1. The van der Waals surface area contributed by atoms with Crippen LogP contribution < -0.4 is 5.73 Å². The van der Waals surface area contributed by atoms with Crippen LogP contribution in [0.4, 0.5) is 0 Å². The number of hydrogen-bond donors (Lipinski definition) is 1. The van der Waals surface area contributed by atoms with Crippen LogP contribution in [-0.4, -0.2) is 0 Å². The van der Waals surface area contributed by atoms with E-state index in [9.17, 15) is 0 Å². The van der Waals surface area contributed by atoms with Crippen molar-refractivity contribution in [1.82, 2.24) is 0 Å².